The molecule has 0 amide bonds. The van der Waals surface area contributed by atoms with E-state index in [1.165, 1.54) is 24.3 Å². The Hall–Kier alpha value is -2.79. The van der Waals surface area contributed by atoms with Crippen LogP contribution in [0.15, 0.2) is 48.0 Å². The van der Waals surface area contributed by atoms with Gasteiger partial charge < -0.3 is 20.1 Å². The third-order valence-electron chi connectivity index (χ3n) is 4.24. The highest BCUT2D eigenvalue weighted by molar-refractivity contribution is 6.03. The molecule has 3 rings (SSSR count). The molecule has 0 unspecified atom stereocenters. The van der Waals surface area contributed by atoms with Crippen LogP contribution in [-0.4, -0.2) is 27.2 Å². The molecule has 0 aliphatic carbocycles. The van der Waals surface area contributed by atoms with Crippen LogP contribution >= 0.6 is 0 Å². The van der Waals surface area contributed by atoms with Crippen molar-refractivity contribution in [3.8, 4) is 17.2 Å². The van der Waals surface area contributed by atoms with Crippen LogP contribution in [0.5, 0.6) is 17.2 Å². The highest BCUT2D eigenvalue weighted by Crippen LogP contribution is 2.41. The number of hydrogen-bond donors (Lipinski definition) is 3. The molecule has 3 N–H and O–H groups in total. The summed E-state index contributed by atoms with van der Waals surface area (Å²) in [5.74, 6) is -0.0174. The first-order chi connectivity index (χ1) is 11.9. The van der Waals surface area contributed by atoms with Gasteiger partial charge in [-0.3, -0.25) is 4.79 Å². The number of allylic oxidation sites excluding steroid dienone is 2. The molecule has 2 atom stereocenters. The predicted molar refractivity (Wildman–Crippen MR) is 93.1 cm³/mol. The Morgan fingerprint density at radius 2 is 1.80 bits per heavy atom. The Kier molecular flexibility index (Phi) is 4.51. The van der Waals surface area contributed by atoms with Crippen LogP contribution in [-0.2, 0) is 6.42 Å². The first-order valence-corrected chi connectivity index (χ1v) is 8.04. The van der Waals surface area contributed by atoms with E-state index in [-0.39, 0.29) is 17.1 Å². The topological polar surface area (TPSA) is 87.0 Å². The van der Waals surface area contributed by atoms with Crippen LogP contribution in [0.3, 0.4) is 0 Å². The minimum absolute atomic E-state index is 0.0462. The number of hydrogen-bond acceptors (Lipinski definition) is 5. The molecule has 5 nitrogen and oxygen atoms in total. The maximum Gasteiger partial charge on any atom is 0.199 e. The van der Waals surface area contributed by atoms with Crippen LogP contribution in [0.2, 0.25) is 0 Å². The third kappa shape index (κ3) is 3.23. The van der Waals surface area contributed by atoms with Crippen molar-refractivity contribution in [2.75, 3.05) is 0 Å². The minimum atomic E-state index is -1.35. The lowest BCUT2D eigenvalue weighted by Gasteiger charge is -2.31. The van der Waals surface area contributed by atoms with Crippen molar-refractivity contribution >= 4 is 5.78 Å². The zero-order valence-electron chi connectivity index (χ0n) is 14.1. The number of ether oxygens (including phenoxy) is 1. The average molecular weight is 340 g/mol. The number of aromatic hydroxyl groups is 2. The number of fused-ring (bicyclic) bond motifs is 1. The van der Waals surface area contributed by atoms with Gasteiger partial charge in [-0.15, -0.1) is 0 Å². The second-order valence-electron chi connectivity index (χ2n) is 6.36. The Labute approximate surface area is 145 Å². The lowest BCUT2D eigenvalue weighted by Crippen LogP contribution is -2.36. The smallest absolute Gasteiger partial charge is 0.199 e. The van der Waals surface area contributed by atoms with Gasteiger partial charge in [0.05, 0.1) is 5.56 Å². The molecule has 2 aromatic carbocycles. The van der Waals surface area contributed by atoms with E-state index in [4.69, 9.17) is 4.74 Å². The van der Waals surface area contributed by atoms with Crippen molar-refractivity contribution in [3.05, 3.63) is 64.7 Å². The summed E-state index contributed by atoms with van der Waals surface area (Å²) < 4.78 is 5.94. The number of Topliss-reactive ketones (excluding diaryl/α,β-unsaturated/α-hetero) is 1. The van der Waals surface area contributed by atoms with E-state index in [0.29, 0.717) is 23.3 Å². The second kappa shape index (κ2) is 6.61. The Morgan fingerprint density at radius 1 is 1.12 bits per heavy atom. The normalized spacial score (nSPS) is 19.1. The average Bonchev–Trinajstić information content (AvgIpc) is 2.57. The molecule has 0 saturated carbocycles. The van der Waals surface area contributed by atoms with Crippen LogP contribution in [0.4, 0.5) is 0 Å². The number of carbonyl (C=O) groups is 1. The standard InChI is InChI=1S/C20H20O5/c1-11(2)3-8-14-16(22)10-9-15-17(23)18(24)19(25-20(14)15)12-4-6-13(21)7-5-12/h3-7,9-10,18-19,21-22,24H,8H2,1-2H3/t18-,19+/m0/s1. The zero-order valence-corrected chi connectivity index (χ0v) is 14.1. The van der Waals surface area contributed by atoms with Gasteiger partial charge in [-0.05, 0) is 50.1 Å². The van der Waals surface area contributed by atoms with E-state index in [0.717, 1.165) is 5.57 Å². The van der Waals surface area contributed by atoms with E-state index < -0.39 is 18.0 Å². The number of phenolic OH excluding ortho intramolecular Hbond substituents is 2. The molecule has 0 saturated heterocycles. The lowest BCUT2D eigenvalue weighted by atomic mass is 9.91. The molecule has 0 aromatic heterocycles. The van der Waals surface area contributed by atoms with Crippen molar-refractivity contribution in [1.82, 2.24) is 0 Å². The fourth-order valence-electron chi connectivity index (χ4n) is 2.85. The fourth-order valence-corrected chi connectivity index (χ4v) is 2.85. The molecule has 130 valence electrons. The summed E-state index contributed by atoms with van der Waals surface area (Å²) in [6, 6.07) is 9.05. The highest BCUT2D eigenvalue weighted by atomic mass is 16.5. The first-order valence-electron chi connectivity index (χ1n) is 8.04. The molecular formula is C20H20O5. The first kappa shape index (κ1) is 17.0. The summed E-state index contributed by atoms with van der Waals surface area (Å²) in [5, 5.41) is 30.0. The number of carbonyl (C=O) groups excluding carboxylic acids is 1. The van der Waals surface area contributed by atoms with Gasteiger partial charge in [0.1, 0.15) is 17.2 Å². The Bertz CT molecular complexity index is 832. The van der Waals surface area contributed by atoms with Crippen LogP contribution in [0, 0.1) is 0 Å². The van der Waals surface area contributed by atoms with Gasteiger partial charge in [-0.2, -0.15) is 0 Å². The number of ketones is 1. The maximum atomic E-state index is 12.6. The highest BCUT2D eigenvalue weighted by Gasteiger charge is 2.38. The predicted octanol–water partition coefficient (Wildman–Crippen LogP) is 3.28. The van der Waals surface area contributed by atoms with Crippen molar-refractivity contribution in [3.63, 3.8) is 0 Å². The summed E-state index contributed by atoms with van der Waals surface area (Å²) in [6.45, 7) is 3.89. The van der Waals surface area contributed by atoms with E-state index in [1.807, 2.05) is 19.9 Å². The van der Waals surface area contributed by atoms with Crippen molar-refractivity contribution < 1.29 is 24.9 Å². The minimum Gasteiger partial charge on any atom is -0.508 e. The van der Waals surface area contributed by atoms with Gasteiger partial charge in [0.2, 0.25) is 0 Å². The van der Waals surface area contributed by atoms with Gasteiger partial charge in [-0.1, -0.05) is 23.8 Å². The second-order valence-corrected chi connectivity index (χ2v) is 6.36. The molecule has 0 fully saturated rings. The molecule has 0 bridgehead atoms. The van der Waals surface area contributed by atoms with Crippen LogP contribution in [0.1, 0.15) is 41.4 Å². The van der Waals surface area contributed by atoms with Crippen molar-refractivity contribution in [2.45, 2.75) is 32.5 Å². The summed E-state index contributed by atoms with van der Waals surface area (Å²) >= 11 is 0. The monoisotopic (exact) mass is 340 g/mol. The number of rotatable bonds is 3. The fraction of sp³-hybridized carbons (Fsp3) is 0.250. The molecule has 1 aliphatic heterocycles. The number of benzene rings is 2. The van der Waals surface area contributed by atoms with Gasteiger partial charge in [0.15, 0.2) is 18.0 Å². The molecule has 1 aliphatic rings. The van der Waals surface area contributed by atoms with E-state index in [2.05, 4.69) is 0 Å². The summed E-state index contributed by atoms with van der Waals surface area (Å²) in [5.41, 5.74) is 2.43. The lowest BCUT2D eigenvalue weighted by molar-refractivity contribution is 0.0211. The zero-order chi connectivity index (χ0) is 18.1. The summed E-state index contributed by atoms with van der Waals surface area (Å²) in [6.07, 6.45) is 0.109. The molecule has 0 spiro atoms. The number of phenols is 2. The molecule has 2 aromatic rings. The molecule has 0 radical (unpaired) electrons. The SMILES string of the molecule is CC(C)=CCc1c(O)ccc2c1O[C@H](c1ccc(O)cc1)[C@@H](O)C2=O. The number of aliphatic hydroxyl groups is 1. The molecule has 1 heterocycles. The Balaban J connectivity index is 2.07. The van der Waals surface area contributed by atoms with Gasteiger partial charge in [0, 0.05) is 5.56 Å². The molecule has 25 heavy (non-hydrogen) atoms. The van der Waals surface area contributed by atoms with E-state index >= 15 is 0 Å². The van der Waals surface area contributed by atoms with Crippen LogP contribution < -0.4 is 4.74 Å². The summed E-state index contributed by atoms with van der Waals surface area (Å²) in [4.78, 5) is 12.6. The van der Waals surface area contributed by atoms with Crippen molar-refractivity contribution in [1.29, 1.82) is 0 Å². The summed E-state index contributed by atoms with van der Waals surface area (Å²) in [7, 11) is 0. The Morgan fingerprint density at radius 3 is 2.44 bits per heavy atom. The molecular weight excluding hydrogens is 320 g/mol. The quantitative estimate of drug-likeness (QED) is 0.747. The third-order valence-corrected chi connectivity index (χ3v) is 4.24. The molecule has 5 heteroatoms. The van der Waals surface area contributed by atoms with Crippen molar-refractivity contribution in [2.24, 2.45) is 0 Å². The van der Waals surface area contributed by atoms with Crippen LogP contribution in [0.25, 0.3) is 0 Å². The van der Waals surface area contributed by atoms with Gasteiger partial charge in [0.25, 0.3) is 0 Å². The maximum absolute atomic E-state index is 12.6. The largest absolute Gasteiger partial charge is 0.508 e. The van der Waals surface area contributed by atoms with Gasteiger partial charge >= 0.3 is 0 Å². The van der Waals surface area contributed by atoms with E-state index in [9.17, 15) is 20.1 Å². The van der Waals surface area contributed by atoms with Gasteiger partial charge in [-0.25, -0.2) is 0 Å². The van der Waals surface area contributed by atoms with E-state index in [1.54, 1.807) is 12.1 Å². The number of aliphatic hydroxyl groups excluding tert-OH is 1.